The second-order valence-corrected chi connectivity index (χ2v) is 8.58. The molecule has 0 aromatic heterocycles. The SMILES string of the molecule is COc1ccc(C(C#Cc2ccccc2)CN(C=O)C(CO)CC(F)(F)F)cc1OC1CCCC1. The number of ether oxygens (including phenoxy) is 2. The number of amides is 1. The van der Waals surface area contributed by atoms with Gasteiger partial charge in [-0.3, -0.25) is 4.79 Å². The highest BCUT2D eigenvalue weighted by Crippen LogP contribution is 2.35. The number of halogens is 3. The van der Waals surface area contributed by atoms with Crippen LogP contribution in [0.2, 0.25) is 0 Å². The van der Waals surface area contributed by atoms with Crippen LogP contribution in [0.15, 0.2) is 48.5 Å². The Morgan fingerprint density at radius 2 is 1.86 bits per heavy atom. The maximum Gasteiger partial charge on any atom is 0.391 e. The number of nitrogens with zero attached hydrogens (tertiary/aromatic N) is 1. The van der Waals surface area contributed by atoms with Crippen molar-refractivity contribution in [2.45, 2.75) is 56.3 Å². The molecule has 1 aliphatic rings. The van der Waals surface area contributed by atoms with Gasteiger partial charge in [0.25, 0.3) is 0 Å². The molecule has 8 heteroatoms. The fourth-order valence-electron chi connectivity index (χ4n) is 4.16. The predicted octanol–water partition coefficient (Wildman–Crippen LogP) is 4.92. The summed E-state index contributed by atoms with van der Waals surface area (Å²) in [6.07, 6.45) is -1.35. The van der Waals surface area contributed by atoms with Crippen LogP contribution < -0.4 is 9.47 Å². The third-order valence-electron chi connectivity index (χ3n) is 6.03. The summed E-state index contributed by atoms with van der Waals surface area (Å²) < 4.78 is 50.7. The molecule has 3 rings (SSSR count). The first-order valence-corrected chi connectivity index (χ1v) is 11.6. The van der Waals surface area contributed by atoms with Gasteiger partial charge in [0.15, 0.2) is 11.5 Å². The molecule has 2 atom stereocenters. The van der Waals surface area contributed by atoms with E-state index >= 15 is 0 Å². The van der Waals surface area contributed by atoms with Crippen LogP contribution in [0.4, 0.5) is 13.2 Å². The van der Waals surface area contributed by atoms with Gasteiger partial charge in [0.05, 0.1) is 38.2 Å². The molecule has 0 bridgehead atoms. The van der Waals surface area contributed by atoms with E-state index in [1.165, 1.54) is 0 Å². The highest BCUT2D eigenvalue weighted by molar-refractivity contribution is 5.51. The lowest BCUT2D eigenvalue weighted by Crippen LogP contribution is -2.42. The van der Waals surface area contributed by atoms with Crippen molar-refractivity contribution in [3.05, 3.63) is 59.7 Å². The molecular weight excluding hydrogens is 459 g/mol. The van der Waals surface area contributed by atoms with Crippen molar-refractivity contribution in [3.63, 3.8) is 0 Å². The molecular formula is C27H30F3NO4. The van der Waals surface area contributed by atoms with E-state index in [-0.39, 0.29) is 12.6 Å². The van der Waals surface area contributed by atoms with E-state index in [2.05, 4.69) is 11.8 Å². The van der Waals surface area contributed by atoms with Gasteiger partial charge in [0.1, 0.15) is 0 Å². The van der Waals surface area contributed by atoms with E-state index in [0.717, 1.165) is 36.1 Å². The molecule has 1 amide bonds. The molecule has 1 saturated carbocycles. The number of aliphatic hydroxyl groups is 1. The lowest BCUT2D eigenvalue weighted by atomic mass is 9.97. The van der Waals surface area contributed by atoms with Crippen molar-refractivity contribution < 1.29 is 32.5 Å². The number of rotatable bonds is 10. The number of benzene rings is 2. The van der Waals surface area contributed by atoms with Crippen LogP contribution in [0.25, 0.3) is 0 Å². The fraction of sp³-hybridized carbons (Fsp3) is 0.444. The Morgan fingerprint density at radius 1 is 1.14 bits per heavy atom. The summed E-state index contributed by atoms with van der Waals surface area (Å²) in [4.78, 5) is 12.8. The Balaban J connectivity index is 1.94. The van der Waals surface area contributed by atoms with E-state index in [1.54, 1.807) is 25.3 Å². The molecule has 0 saturated heterocycles. The first kappa shape index (κ1) is 26.4. The topological polar surface area (TPSA) is 59.0 Å². The maximum absolute atomic E-state index is 13.0. The number of hydrogen-bond donors (Lipinski definition) is 1. The average molecular weight is 490 g/mol. The van der Waals surface area contributed by atoms with Crippen molar-refractivity contribution in [2.75, 3.05) is 20.3 Å². The monoisotopic (exact) mass is 489 g/mol. The average Bonchev–Trinajstić information content (AvgIpc) is 3.36. The zero-order chi connectivity index (χ0) is 25.3. The molecule has 188 valence electrons. The van der Waals surface area contributed by atoms with Crippen LogP contribution in [0, 0.1) is 11.8 Å². The van der Waals surface area contributed by atoms with E-state index in [1.807, 2.05) is 30.3 Å². The Labute approximate surface area is 203 Å². The molecule has 0 radical (unpaired) electrons. The van der Waals surface area contributed by atoms with E-state index in [9.17, 15) is 23.1 Å². The van der Waals surface area contributed by atoms with Gasteiger partial charge in [-0.05, 0) is 55.5 Å². The number of carbonyl (C=O) groups is 1. The predicted molar refractivity (Wildman–Crippen MR) is 126 cm³/mol. The Kier molecular flexibility index (Phi) is 9.44. The minimum Gasteiger partial charge on any atom is -0.493 e. The minimum atomic E-state index is -4.53. The quantitative estimate of drug-likeness (QED) is 0.380. The molecule has 0 spiro atoms. The van der Waals surface area contributed by atoms with Gasteiger partial charge < -0.3 is 19.5 Å². The molecule has 2 aromatic carbocycles. The van der Waals surface area contributed by atoms with Crippen LogP contribution in [0.3, 0.4) is 0 Å². The summed E-state index contributed by atoms with van der Waals surface area (Å²) in [5.74, 6) is 6.62. The number of methoxy groups -OCH3 is 1. The van der Waals surface area contributed by atoms with E-state index in [4.69, 9.17) is 9.47 Å². The largest absolute Gasteiger partial charge is 0.493 e. The number of aliphatic hydroxyl groups excluding tert-OH is 1. The molecule has 35 heavy (non-hydrogen) atoms. The maximum atomic E-state index is 13.0. The van der Waals surface area contributed by atoms with Crippen LogP contribution in [-0.2, 0) is 4.79 Å². The van der Waals surface area contributed by atoms with Gasteiger partial charge in [-0.25, -0.2) is 0 Å². The molecule has 1 N–H and O–H groups in total. The smallest absolute Gasteiger partial charge is 0.391 e. The van der Waals surface area contributed by atoms with Gasteiger partial charge in [-0.1, -0.05) is 36.1 Å². The summed E-state index contributed by atoms with van der Waals surface area (Å²) >= 11 is 0. The Hall–Kier alpha value is -3.18. The van der Waals surface area contributed by atoms with Crippen molar-refractivity contribution in [2.24, 2.45) is 0 Å². The zero-order valence-corrected chi connectivity index (χ0v) is 19.6. The van der Waals surface area contributed by atoms with Gasteiger partial charge in [-0.15, -0.1) is 0 Å². The van der Waals surface area contributed by atoms with Crippen LogP contribution in [-0.4, -0.2) is 55.0 Å². The Morgan fingerprint density at radius 3 is 2.46 bits per heavy atom. The summed E-state index contributed by atoms with van der Waals surface area (Å²) in [7, 11) is 1.54. The summed E-state index contributed by atoms with van der Waals surface area (Å²) in [5.41, 5.74) is 1.41. The fourth-order valence-corrected chi connectivity index (χ4v) is 4.16. The lowest BCUT2D eigenvalue weighted by molar-refractivity contribution is -0.153. The second kappa shape index (κ2) is 12.5. The number of hydrogen-bond acceptors (Lipinski definition) is 4. The molecule has 5 nitrogen and oxygen atoms in total. The third-order valence-corrected chi connectivity index (χ3v) is 6.03. The van der Waals surface area contributed by atoms with Gasteiger partial charge >= 0.3 is 6.18 Å². The Bertz CT molecular complexity index is 1010. The van der Waals surface area contributed by atoms with Crippen molar-refractivity contribution in [3.8, 4) is 23.3 Å². The normalized spacial score (nSPS) is 15.6. The van der Waals surface area contributed by atoms with Crippen LogP contribution in [0.5, 0.6) is 11.5 Å². The van der Waals surface area contributed by atoms with E-state index in [0.29, 0.717) is 23.5 Å². The standard InChI is InChI=1S/C27H30F3NO4/c1-34-25-14-13-21(15-26(25)35-24-9-5-6-10-24)22(12-11-20-7-3-2-4-8-20)17-31(19-33)23(18-32)16-27(28,29)30/h2-4,7-8,13-15,19,22-24,32H,5-6,9-10,16-18H2,1H3. The first-order valence-electron chi connectivity index (χ1n) is 11.6. The molecule has 0 aliphatic heterocycles. The molecule has 1 fully saturated rings. The molecule has 0 heterocycles. The van der Waals surface area contributed by atoms with Crippen molar-refractivity contribution >= 4 is 6.41 Å². The molecule has 2 unspecified atom stereocenters. The van der Waals surface area contributed by atoms with Crippen molar-refractivity contribution in [1.82, 2.24) is 4.90 Å². The molecule has 1 aliphatic carbocycles. The van der Waals surface area contributed by atoms with Crippen LogP contribution in [0.1, 0.15) is 49.1 Å². The molecule has 2 aromatic rings. The van der Waals surface area contributed by atoms with Crippen LogP contribution >= 0.6 is 0 Å². The summed E-state index contributed by atoms with van der Waals surface area (Å²) in [6.45, 7) is -0.935. The minimum absolute atomic E-state index is 0.0741. The summed E-state index contributed by atoms with van der Waals surface area (Å²) in [6, 6.07) is 13.1. The first-order chi connectivity index (χ1) is 16.8. The van der Waals surface area contributed by atoms with Gasteiger partial charge in [0.2, 0.25) is 6.41 Å². The number of alkyl halides is 3. The van der Waals surface area contributed by atoms with E-state index < -0.39 is 31.2 Å². The summed E-state index contributed by atoms with van der Waals surface area (Å²) in [5, 5.41) is 9.58. The van der Waals surface area contributed by atoms with Gasteiger partial charge in [0, 0.05) is 12.1 Å². The number of carbonyl (C=O) groups excluding carboxylic acids is 1. The second-order valence-electron chi connectivity index (χ2n) is 8.58. The zero-order valence-electron chi connectivity index (χ0n) is 19.6. The van der Waals surface area contributed by atoms with Crippen molar-refractivity contribution in [1.29, 1.82) is 0 Å². The van der Waals surface area contributed by atoms with Gasteiger partial charge in [-0.2, -0.15) is 13.2 Å². The highest BCUT2D eigenvalue weighted by atomic mass is 19.4. The lowest BCUT2D eigenvalue weighted by Gasteiger charge is -2.30. The third kappa shape index (κ3) is 7.93. The highest BCUT2D eigenvalue weighted by Gasteiger charge is 2.35.